The van der Waals surface area contributed by atoms with Crippen LogP contribution in [0, 0.1) is 11.3 Å². The lowest BCUT2D eigenvalue weighted by Crippen LogP contribution is -2.27. The zero-order valence-corrected chi connectivity index (χ0v) is 16.9. The maximum atomic E-state index is 9.68. The van der Waals surface area contributed by atoms with Gasteiger partial charge in [0.15, 0.2) is 0 Å². The van der Waals surface area contributed by atoms with Crippen molar-refractivity contribution >= 4 is 13.5 Å². The molecule has 0 radical (unpaired) electrons. The summed E-state index contributed by atoms with van der Waals surface area (Å²) in [6.07, 6.45) is 8.12. The Kier molecular flexibility index (Phi) is 8.27. The summed E-state index contributed by atoms with van der Waals surface area (Å²) in [6.45, 7) is 3.97. The molecule has 1 saturated heterocycles. The van der Waals surface area contributed by atoms with E-state index in [1.165, 1.54) is 6.42 Å². The molecule has 1 aliphatic carbocycles. The van der Waals surface area contributed by atoms with E-state index >= 15 is 0 Å². The van der Waals surface area contributed by atoms with E-state index in [0.717, 1.165) is 76.1 Å². The molecule has 2 aliphatic rings. The molecule has 1 atom stereocenters. The van der Waals surface area contributed by atoms with Crippen LogP contribution >= 0.6 is 13.5 Å². The number of hydrogen-bond donors (Lipinski definition) is 0. The van der Waals surface area contributed by atoms with Gasteiger partial charge in [-0.1, -0.05) is 31.4 Å². The Labute approximate surface area is 164 Å². The summed E-state index contributed by atoms with van der Waals surface area (Å²) in [5, 5.41) is 9.68. The second-order valence-electron chi connectivity index (χ2n) is 7.43. The van der Waals surface area contributed by atoms with E-state index in [2.05, 4.69) is 23.1 Å². The fourth-order valence-electron chi connectivity index (χ4n) is 4.16. The van der Waals surface area contributed by atoms with Gasteiger partial charge in [0.2, 0.25) is 0 Å². The summed E-state index contributed by atoms with van der Waals surface area (Å²) in [5.41, 5.74) is 0.884. The lowest BCUT2D eigenvalue weighted by Gasteiger charge is -2.31. The topological polar surface area (TPSA) is 45.5 Å². The van der Waals surface area contributed by atoms with Gasteiger partial charge in [-0.05, 0) is 43.4 Å². The minimum absolute atomic E-state index is 0. The quantitative estimate of drug-likeness (QED) is 0.675. The second-order valence-corrected chi connectivity index (χ2v) is 7.43. The van der Waals surface area contributed by atoms with Crippen LogP contribution in [0.3, 0.4) is 0 Å². The Morgan fingerprint density at radius 3 is 2.54 bits per heavy atom. The van der Waals surface area contributed by atoms with E-state index < -0.39 is 0 Å². The Morgan fingerprint density at radius 2 is 1.92 bits per heavy atom. The first-order valence-corrected chi connectivity index (χ1v) is 9.65. The smallest absolute Gasteiger partial charge is 0.119 e. The van der Waals surface area contributed by atoms with E-state index in [-0.39, 0.29) is 18.9 Å². The molecule has 1 aliphatic heterocycles. The van der Waals surface area contributed by atoms with Crippen molar-refractivity contribution in [1.29, 1.82) is 5.26 Å². The lowest BCUT2D eigenvalue weighted by atomic mass is 9.70. The van der Waals surface area contributed by atoms with Crippen molar-refractivity contribution in [1.82, 2.24) is 4.90 Å². The average Bonchev–Trinajstić information content (AvgIpc) is 3.14. The van der Waals surface area contributed by atoms with Crippen LogP contribution in [0.2, 0.25) is 0 Å². The highest BCUT2D eigenvalue weighted by atomic mass is 32.1. The zero-order chi connectivity index (χ0) is 17.5. The highest BCUT2D eigenvalue weighted by molar-refractivity contribution is 7.59. The first kappa shape index (κ1) is 21.1. The molecule has 4 nitrogen and oxygen atoms in total. The first-order chi connectivity index (χ1) is 12.3. The Bertz CT molecular complexity index is 579. The van der Waals surface area contributed by atoms with Crippen LogP contribution in [0.4, 0.5) is 0 Å². The van der Waals surface area contributed by atoms with Crippen molar-refractivity contribution in [2.75, 3.05) is 33.4 Å². The zero-order valence-electron chi connectivity index (χ0n) is 15.9. The van der Waals surface area contributed by atoms with E-state index in [0.29, 0.717) is 6.10 Å². The number of nitriles is 1. The third-order valence-corrected chi connectivity index (χ3v) is 5.78. The van der Waals surface area contributed by atoms with Crippen LogP contribution in [-0.4, -0.2) is 44.4 Å². The van der Waals surface area contributed by atoms with Gasteiger partial charge in [-0.3, -0.25) is 0 Å². The van der Waals surface area contributed by atoms with Gasteiger partial charge in [0.05, 0.1) is 24.2 Å². The highest BCUT2D eigenvalue weighted by Gasteiger charge is 2.33. The van der Waals surface area contributed by atoms with Crippen LogP contribution in [0.5, 0.6) is 5.75 Å². The number of likely N-dealkylation sites (tertiary alicyclic amines) is 1. The van der Waals surface area contributed by atoms with Gasteiger partial charge in [0.1, 0.15) is 5.75 Å². The van der Waals surface area contributed by atoms with Crippen molar-refractivity contribution < 1.29 is 9.47 Å². The van der Waals surface area contributed by atoms with Crippen LogP contribution in [0.25, 0.3) is 0 Å². The van der Waals surface area contributed by atoms with Crippen LogP contribution in [-0.2, 0) is 10.2 Å². The van der Waals surface area contributed by atoms with Gasteiger partial charge in [-0.25, -0.2) is 0 Å². The summed E-state index contributed by atoms with van der Waals surface area (Å²) in [4.78, 5) is 2.44. The third kappa shape index (κ3) is 5.16. The van der Waals surface area contributed by atoms with Gasteiger partial charge >= 0.3 is 0 Å². The fourth-order valence-corrected chi connectivity index (χ4v) is 4.16. The first-order valence-electron chi connectivity index (χ1n) is 9.65. The van der Waals surface area contributed by atoms with Crippen molar-refractivity contribution in [3.63, 3.8) is 0 Å². The molecule has 0 unspecified atom stereocenters. The molecular weight excluding hydrogens is 344 g/mol. The standard InChI is InChI=1S/C21H30N2O2.H2S/c1-24-20-10-14-23(16-20)13-5-15-25-19-8-6-18(7-9-19)21(17-22)11-3-2-4-12-21;/h6-9,20H,2-5,10-16H2,1H3;1H2/t20-;/m0./s1. The molecule has 0 amide bonds. The SMILES string of the molecule is CO[C@H]1CCN(CCCOc2ccc(C3(C#N)CCCCC3)cc2)C1.S. The summed E-state index contributed by atoms with van der Waals surface area (Å²) < 4.78 is 11.3. The number of benzene rings is 1. The number of rotatable bonds is 7. The molecule has 0 N–H and O–H groups in total. The molecular formula is C21H32N2O2S. The van der Waals surface area contributed by atoms with Gasteiger partial charge in [-0.15, -0.1) is 0 Å². The van der Waals surface area contributed by atoms with Gasteiger partial charge in [0, 0.05) is 26.7 Å². The highest BCUT2D eigenvalue weighted by Crippen LogP contribution is 2.39. The van der Waals surface area contributed by atoms with Crippen LogP contribution in [0.1, 0.15) is 50.5 Å². The van der Waals surface area contributed by atoms with Gasteiger partial charge in [0.25, 0.3) is 0 Å². The number of ether oxygens (including phenoxy) is 2. The molecule has 2 fully saturated rings. The minimum atomic E-state index is -0.273. The van der Waals surface area contributed by atoms with Crippen molar-refractivity contribution in [3.8, 4) is 11.8 Å². The largest absolute Gasteiger partial charge is 0.494 e. The molecule has 1 aromatic rings. The van der Waals surface area contributed by atoms with Gasteiger partial charge in [-0.2, -0.15) is 18.8 Å². The molecule has 1 saturated carbocycles. The maximum absolute atomic E-state index is 9.68. The minimum Gasteiger partial charge on any atom is -0.494 e. The predicted molar refractivity (Wildman–Crippen MR) is 109 cm³/mol. The number of methoxy groups -OCH3 is 1. The van der Waals surface area contributed by atoms with Crippen molar-refractivity contribution in [3.05, 3.63) is 29.8 Å². The molecule has 0 aromatic heterocycles. The molecule has 5 heteroatoms. The second kappa shape index (κ2) is 10.2. The molecule has 1 heterocycles. The Balaban J connectivity index is 0.00000243. The van der Waals surface area contributed by atoms with E-state index in [9.17, 15) is 5.26 Å². The van der Waals surface area contributed by atoms with E-state index in [1.54, 1.807) is 7.11 Å². The van der Waals surface area contributed by atoms with Crippen molar-refractivity contribution in [2.45, 2.75) is 56.5 Å². The Morgan fingerprint density at radius 1 is 1.19 bits per heavy atom. The Hall–Kier alpha value is -1.22. The third-order valence-electron chi connectivity index (χ3n) is 5.78. The fraction of sp³-hybridized carbons (Fsp3) is 0.667. The number of hydrogen-bond acceptors (Lipinski definition) is 4. The van der Waals surface area contributed by atoms with Gasteiger partial charge < -0.3 is 14.4 Å². The van der Waals surface area contributed by atoms with E-state index in [4.69, 9.17) is 9.47 Å². The maximum Gasteiger partial charge on any atom is 0.119 e. The summed E-state index contributed by atoms with van der Waals surface area (Å²) >= 11 is 0. The summed E-state index contributed by atoms with van der Waals surface area (Å²) in [6, 6.07) is 10.8. The van der Waals surface area contributed by atoms with E-state index in [1.807, 2.05) is 12.1 Å². The molecule has 3 rings (SSSR count). The van der Waals surface area contributed by atoms with Crippen LogP contribution < -0.4 is 4.74 Å². The molecule has 144 valence electrons. The molecule has 0 bridgehead atoms. The number of nitrogens with zero attached hydrogens (tertiary/aromatic N) is 2. The normalized spacial score (nSPS) is 22.4. The monoisotopic (exact) mass is 376 g/mol. The lowest BCUT2D eigenvalue weighted by molar-refractivity contribution is 0.107. The molecule has 1 aromatic carbocycles. The van der Waals surface area contributed by atoms with Crippen LogP contribution in [0.15, 0.2) is 24.3 Å². The molecule has 0 spiro atoms. The molecule has 26 heavy (non-hydrogen) atoms. The van der Waals surface area contributed by atoms with Crippen molar-refractivity contribution in [2.24, 2.45) is 0 Å². The predicted octanol–water partition coefficient (Wildman–Crippen LogP) is 4.01. The summed E-state index contributed by atoms with van der Waals surface area (Å²) in [5.74, 6) is 0.906. The average molecular weight is 377 g/mol. The summed E-state index contributed by atoms with van der Waals surface area (Å²) in [7, 11) is 1.80.